The summed E-state index contributed by atoms with van der Waals surface area (Å²) in [5.74, 6) is 0.895. The number of rotatable bonds is 3. The van der Waals surface area contributed by atoms with Crippen molar-refractivity contribution in [2.24, 2.45) is 11.8 Å². The summed E-state index contributed by atoms with van der Waals surface area (Å²) in [7, 11) is 3.45. The van der Waals surface area contributed by atoms with Gasteiger partial charge in [0.05, 0.1) is 13.0 Å². The lowest BCUT2D eigenvalue weighted by atomic mass is 9.82. The minimum absolute atomic E-state index is 0.0251. The Bertz CT molecular complexity index is 162. The number of carbonyl (C=O) groups is 1. The van der Waals surface area contributed by atoms with E-state index < -0.39 is 0 Å². The zero-order chi connectivity index (χ0) is 9.68. The first-order chi connectivity index (χ1) is 6.27. The van der Waals surface area contributed by atoms with Gasteiger partial charge in [-0.3, -0.25) is 4.79 Å². The number of ether oxygens (including phenoxy) is 1. The Morgan fingerprint density at radius 3 is 2.46 bits per heavy atom. The van der Waals surface area contributed by atoms with Crippen molar-refractivity contribution in [2.75, 3.05) is 20.7 Å². The molecule has 0 radical (unpaired) electrons. The highest BCUT2D eigenvalue weighted by atomic mass is 16.5. The summed E-state index contributed by atoms with van der Waals surface area (Å²) in [6, 6.07) is 0. The van der Waals surface area contributed by atoms with Crippen LogP contribution in [0.15, 0.2) is 0 Å². The first-order valence-corrected chi connectivity index (χ1v) is 5.00. The van der Waals surface area contributed by atoms with Crippen molar-refractivity contribution in [1.82, 2.24) is 5.32 Å². The molecule has 0 spiro atoms. The maximum Gasteiger partial charge on any atom is 0.308 e. The summed E-state index contributed by atoms with van der Waals surface area (Å²) in [5, 5.41) is 3.18. The largest absolute Gasteiger partial charge is 0.469 e. The molecule has 3 heteroatoms. The molecule has 1 rings (SSSR count). The fourth-order valence-corrected chi connectivity index (χ4v) is 2.06. The van der Waals surface area contributed by atoms with Crippen LogP contribution in [0.5, 0.6) is 0 Å². The molecule has 0 aromatic heterocycles. The Labute approximate surface area is 79.8 Å². The SMILES string of the molecule is CNCC1CCC(C(=O)OC)CC1. The molecule has 0 bridgehead atoms. The summed E-state index contributed by atoms with van der Waals surface area (Å²) < 4.78 is 4.73. The molecule has 0 amide bonds. The van der Waals surface area contributed by atoms with Crippen LogP contribution >= 0.6 is 0 Å². The number of hydrogen-bond acceptors (Lipinski definition) is 3. The highest BCUT2D eigenvalue weighted by Gasteiger charge is 2.26. The van der Waals surface area contributed by atoms with Crippen LogP contribution in [0.2, 0.25) is 0 Å². The van der Waals surface area contributed by atoms with Crippen molar-refractivity contribution >= 4 is 5.97 Å². The Kier molecular flexibility index (Phi) is 4.22. The molecule has 0 saturated heterocycles. The predicted octanol–water partition coefficient (Wildman–Crippen LogP) is 1.19. The predicted molar refractivity (Wildman–Crippen MR) is 51.4 cm³/mol. The molecule has 1 saturated carbocycles. The van der Waals surface area contributed by atoms with Crippen molar-refractivity contribution in [3.63, 3.8) is 0 Å². The number of carbonyl (C=O) groups excluding carboxylic acids is 1. The van der Waals surface area contributed by atoms with Crippen LogP contribution in [-0.4, -0.2) is 26.7 Å². The van der Waals surface area contributed by atoms with Gasteiger partial charge in [-0.15, -0.1) is 0 Å². The van der Waals surface area contributed by atoms with Crippen LogP contribution in [0.25, 0.3) is 0 Å². The van der Waals surface area contributed by atoms with E-state index in [2.05, 4.69) is 5.32 Å². The molecule has 76 valence electrons. The number of hydrogen-bond donors (Lipinski definition) is 1. The fraction of sp³-hybridized carbons (Fsp3) is 0.900. The van der Waals surface area contributed by atoms with Gasteiger partial charge in [-0.2, -0.15) is 0 Å². The van der Waals surface area contributed by atoms with E-state index in [1.54, 1.807) is 0 Å². The molecule has 0 aromatic carbocycles. The highest BCUT2D eigenvalue weighted by molar-refractivity contribution is 5.72. The second-order valence-corrected chi connectivity index (χ2v) is 3.80. The second-order valence-electron chi connectivity index (χ2n) is 3.80. The molecule has 1 aliphatic rings. The van der Waals surface area contributed by atoms with Gasteiger partial charge in [0.15, 0.2) is 0 Å². The van der Waals surface area contributed by atoms with Crippen molar-refractivity contribution in [2.45, 2.75) is 25.7 Å². The highest BCUT2D eigenvalue weighted by Crippen LogP contribution is 2.28. The third kappa shape index (κ3) is 2.99. The smallest absolute Gasteiger partial charge is 0.308 e. The molecule has 0 aromatic rings. The third-order valence-electron chi connectivity index (χ3n) is 2.87. The maximum atomic E-state index is 11.2. The molecule has 13 heavy (non-hydrogen) atoms. The summed E-state index contributed by atoms with van der Waals surface area (Å²) in [6.07, 6.45) is 4.30. The van der Waals surface area contributed by atoms with Crippen LogP contribution in [0, 0.1) is 11.8 Å². The van der Waals surface area contributed by atoms with E-state index >= 15 is 0 Å². The summed E-state index contributed by atoms with van der Waals surface area (Å²) in [4.78, 5) is 11.2. The Hall–Kier alpha value is -0.570. The summed E-state index contributed by atoms with van der Waals surface area (Å²) in [5.41, 5.74) is 0. The van der Waals surface area contributed by atoms with Crippen LogP contribution < -0.4 is 5.32 Å². The van der Waals surface area contributed by atoms with Crippen molar-refractivity contribution in [3.8, 4) is 0 Å². The lowest BCUT2D eigenvalue weighted by Gasteiger charge is -2.26. The minimum Gasteiger partial charge on any atom is -0.469 e. The topological polar surface area (TPSA) is 38.3 Å². The van der Waals surface area contributed by atoms with Crippen LogP contribution in [0.1, 0.15) is 25.7 Å². The van der Waals surface area contributed by atoms with Gasteiger partial charge < -0.3 is 10.1 Å². The average molecular weight is 185 g/mol. The monoisotopic (exact) mass is 185 g/mol. The van der Waals surface area contributed by atoms with Crippen molar-refractivity contribution in [1.29, 1.82) is 0 Å². The molecule has 0 heterocycles. The number of esters is 1. The molecule has 3 nitrogen and oxygen atoms in total. The molecule has 1 fully saturated rings. The molecular formula is C10H19NO2. The van der Waals surface area contributed by atoms with E-state index in [1.807, 2.05) is 7.05 Å². The molecule has 0 atom stereocenters. The fourth-order valence-electron chi connectivity index (χ4n) is 2.06. The normalized spacial score (nSPS) is 28.5. The van der Waals surface area contributed by atoms with E-state index in [9.17, 15) is 4.79 Å². The molecule has 0 aliphatic heterocycles. The van der Waals surface area contributed by atoms with E-state index in [4.69, 9.17) is 4.74 Å². The van der Waals surface area contributed by atoms with E-state index in [0.29, 0.717) is 0 Å². The molecule has 1 aliphatic carbocycles. The quantitative estimate of drug-likeness (QED) is 0.671. The van der Waals surface area contributed by atoms with Crippen molar-refractivity contribution < 1.29 is 9.53 Å². The number of nitrogens with one attached hydrogen (secondary N) is 1. The van der Waals surface area contributed by atoms with E-state index in [1.165, 1.54) is 7.11 Å². The Balaban J connectivity index is 2.26. The van der Waals surface area contributed by atoms with Gasteiger partial charge in [0.2, 0.25) is 0 Å². The van der Waals surface area contributed by atoms with Gasteiger partial charge in [-0.25, -0.2) is 0 Å². The molecular weight excluding hydrogens is 166 g/mol. The van der Waals surface area contributed by atoms with Crippen LogP contribution in [0.3, 0.4) is 0 Å². The number of methoxy groups -OCH3 is 1. The standard InChI is InChI=1S/C10H19NO2/c1-11-7-8-3-5-9(6-4-8)10(12)13-2/h8-9,11H,3-7H2,1-2H3. The first-order valence-electron chi connectivity index (χ1n) is 5.00. The Morgan fingerprint density at radius 2 is 2.00 bits per heavy atom. The third-order valence-corrected chi connectivity index (χ3v) is 2.87. The van der Waals surface area contributed by atoms with E-state index in [-0.39, 0.29) is 11.9 Å². The lowest BCUT2D eigenvalue weighted by Crippen LogP contribution is -2.27. The summed E-state index contributed by atoms with van der Waals surface area (Å²) >= 11 is 0. The van der Waals surface area contributed by atoms with E-state index in [0.717, 1.165) is 38.1 Å². The van der Waals surface area contributed by atoms with Gasteiger partial charge in [0.25, 0.3) is 0 Å². The molecule has 1 N–H and O–H groups in total. The lowest BCUT2D eigenvalue weighted by molar-refractivity contribution is -0.146. The van der Waals surface area contributed by atoms with Gasteiger partial charge in [-0.1, -0.05) is 0 Å². The van der Waals surface area contributed by atoms with Crippen LogP contribution in [0.4, 0.5) is 0 Å². The summed E-state index contributed by atoms with van der Waals surface area (Å²) in [6.45, 7) is 1.08. The molecule has 0 unspecified atom stereocenters. The van der Waals surface area contributed by atoms with Gasteiger partial charge in [0.1, 0.15) is 0 Å². The van der Waals surface area contributed by atoms with Gasteiger partial charge in [0, 0.05) is 0 Å². The van der Waals surface area contributed by atoms with Crippen molar-refractivity contribution in [3.05, 3.63) is 0 Å². The van der Waals surface area contributed by atoms with Gasteiger partial charge >= 0.3 is 5.97 Å². The first kappa shape index (κ1) is 10.5. The average Bonchev–Trinajstić information content (AvgIpc) is 2.18. The minimum atomic E-state index is -0.0251. The Morgan fingerprint density at radius 1 is 1.38 bits per heavy atom. The van der Waals surface area contributed by atoms with Gasteiger partial charge in [-0.05, 0) is 45.2 Å². The maximum absolute atomic E-state index is 11.2. The van der Waals surface area contributed by atoms with Crippen LogP contribution in [-0.2, 0) is 9.53 Å². The zero-order valence-electron chi connectivity index (χ0n) is 8.51. The zero-order valence-corrected chi connectivity index (χ0v) is 8.51. The second kappa shape index (κ2) is 5.22.